The van der Waals surface area contributed by atoms with Crippen molar-refractivity contribution in [2.24, 2.45) is 0 Å². The molecule has 7 heteroatoms. The standard InChI is InChI=1S/C21H22ClN3O3/c1-4-24-20(27)17-11-10-16(22)12-18(17)25(21(24)28)14(3)19(26)23-13(2)15-8-6-5-7-9-15/h5-14H,4H2,1-3H3,(H,23,26)/t13-,14-/m1/s1. The van der Waals surface area contributed by atoms with Gasteiger partial charge >= 0.3 is 5.69 Å². The lowest BCUT2D eigenvalue weighted by molar-refractivity contribution is -0.124. The number of hydrogen-bond donors (Lipinski definition) is 1. The summed E-state index contributed by atoms with van der Waals surface area (Å²) in [7, 11) is 0. The Labute approximate surface area is 167 Å². The fraction of sp³-hybridized carbons (Fsp3) is 0.286. The van der Waals surface area contributed by atoms with Crippen molar-refractivity contribution >= 4 is 28.4 Å². The molecule has 28 heavy (non-hydrogen) atoms. The quantitative estimate of drug-likeness (QED) is 0.715. The van der Waals surface area contributed by atoms with E-state index in [-0.39, 0.29) is 24.1 Å². The van der Waals surface area contributed by atoms with E-state index in [4.69, 9.17) is 11.6 Å². The second-order valence-electron chi connectivity index (χ2n) is 6.68. The van der Waals surface area contributed by atoms with Gasteiger partial charge in [0.25, 0.3) is 5.56 Å². The van der Waals surface area contributed by atoms with Crippen molar-refractivity contribution < 1.29 is 4.79 Å². The minimum atomic E-state index is -0.821. The van der Waals surface area contributed by atoms with Crippen LogP contribution in [0.25, 0.3) is 10.9 Å². The Morgan fingerprint density at radius 2 is 1.79 bits per heavy atom. The molecule has 0 unspecified atom stereocenters. The van der Waals surface area contributed by atoms with Crippen LogP contribution in [0.1, 0.15) is 38.4 Å². The van der Waals surface area contributed by atoms with Gasteiger partial charge in [0.1, 0.15) is 6.04 Å². The number of carbonyl (C=O) groups excluding carboxylic acids is 1. The normalized spacial score (nSPS) is 13.3. The molecule has 1 N–H and O–H groups in total. The Hall–Kier alpha value is -2.86. The number of hydrogen-bond acceptors (Lipinski definition) is 3. The van der Waals surface area contributed by atoms with Crippen LogP contribution in [0.4, 0.5) is 0 Å². The Morgan fingerprint density at radius 3 is 2.43 bits per heavy atom. The summed E-state index contributed by atoms with van der Waals surface area (Å²) in [5.41, 5.74) is 0.391. The average Bonchev–Trinajstić information content (AvgIpc) is 2.68. The molecule has 3 rings (SSSR count). The van der Waals surface area contributed by atoms with Crippen molar-refractivity contribution in [2.75, 3.05) is 0 Å². The van der Waals surface area contributed by atoms with Gasteiger partial charge in [-0.1, -0.05) is 41.9 Å². The van der Waals surface area contributed by atoms with E-state index in [1.165, 1.54) is 4.57 Å². The van der Waals surface area contributed by atoms with Gasteiger partial charge in [0, 0.05) is 11.6 Å². The van der Waals surface area contributed by atoms with E-state index in [2.05, 4.69) is 5.32 Å². The first-order chi connectivity index (χ1) is 13.3. The molecule has 0 saturated carbocycles. The number of benzene rings is 2. The van der Waals surface area contributed by atoms with Crippen molar-refractivity contribution in [3.8, 4) is 0 Å². The van der Waals surface area contributed by atoms with Gasteiger partial charge in [0.05, 0.1) is 16.9 Å². The predicted molar refractivity (Wildman–Crippen MR) is 111 cm³/mol. The summed E-state index contributed by atoms with van der Waals surface area (Å²) in [5.74, 6) is -0.318. The smallest absolute Gasteiger partial charge is 0.332 e. The minimum absolute atomic E-state index is 0.213. The molecule has 0 fully saturated rings. The van der Waals surface area contributed by atoms with Gasteiger partial charge in [-0.15, -0.1) is 0 Å². The SMILES string of the molecule is CCn1c(=O)c2ccc(Cl)cc2n([C@H](C)C(=O)N[C@H](C)c2ccccc2)c1=O. The summed E-state index contributed by atoms with van der Waals surface area (Å²) in [6.45, 7) is 5.45. The third kappa shape index (κ3) is 3.60. The third-order valence-corrected chi connectivity index (χ3v) is 5.11. The summed E-state index contributed by atoms with van der Waals surface area (Å²) in [6.07, 6.45) is 0. The zero-order chi connectivity index (χ0) is 20.4. The van der Waals surface area contributed by atoms with E-state index < -0.39 is 11.7 Å². The molecule has 1 aromatic heterocycles. The number of nitrogens with one attached hydrogen (secondary N) is 1. The largest absolute Gasteiger partial charge is 0.348 e. The monoisotopic (exact) mass is 399 g/mol. The zero-order valence-corrected chi connectivity index (χ0v) is 16.7. The molecule has 2 aromatic carbocycles. The average molecular weight is 400 g/mol. The maximum atomic E-state index is 13.0. The highest BCUT2D eigenvalue weighted by molar-refractivity contribution is 6.31. The molecule has 0 aliphatic rings. The topological polar surface area (TPSA) is 73.1 Å². The lowest BCUT2D eigenvalue weighted by Gasteiger charge is -2.22. The van der Waals surface area contributed by atoms with Crippen molar-refractivity contribution in [2.45, 2.75) is 39.4 Å². The van der Waals surface area contributed by atoms with Gasteiger partial charge in [0.2, 0.25) is 5.91 Å². The molecule has 0 radical (unpaired) electrons. The van der Waals surface area contributed by atoms with E-state index in [0.29, 0.717) is 15.9 Å². The molecule has 0 aliphatic heterocycles. The number of aromatic nitrogens is 2. The molecule has 0 aliphatic carbocycles. The first kappa shape index (κ1) is 19.9. The second kappa shape index (κ2) is 8.02. The Morgan fingerprint density at radius 1 is 1.11 bits per heavy atom. The molecule has 1 amide bonds. The van der Waals surface area contributed by atoms with E-state index in [9.17, 15) is 14.4 Å². The molecule has 1 heterocycles. The Kier molecular flexibility index (Phi) is 5.70. The lowest BCUT2D eigenvalue weighted by Crippen LogP contribution is -2.44. The van der Waals surface area contributed by atoms with Crippen LogP contribution in [-0.4, -0.2) is 15.0 Å². The number of carbonyl (C=O) groups is 1. The highest BCUT2D eigenvalue weighted by atomic mass is 35.5. The molecule has 146 valence electrons. The zero-order valence-electron chi connectivity index (χ0n) is 16.0. The summed E-state index contributed by atoms with van der Waals surface area (Å²) in [6, 6.07) is 13.2. The maximum Gasteiger partial charge on any atom is 0.332 e. The number of amides is 1. The molecule has 3 aromatic rings. The van der Waals surface area contributed by atoms with Crippen molar-refractivity contribution in [3.05, 3.63) is 80.0 Å². The van der Waals surface area contributed by atoms with Gasteiger partial charge in [0.15, 0.2) is 0 Å². The molecule has 6 nitrogen and oxygen atoms in total. The summed E-state index contributed by atoms with van der Waals surface area (Å²) < 4.78 is 2.46. The van der Waals surface area contributed by atoms with Crippen LogP contribution in [0, 0.1) is 0 Å². The van der Waals surface area contributed by atoms with E-state index in [0.717, 1.165) is 10.1 Å². The molecule has 0 spiro atoms. The first-order valence-electron chi connectivity index (χ1n) is 9.15. The highest BCUT2D eigenvalue weighted by Gasteiger charge is 2.23. The molecular formula is C21H22ClN3O3. The third-order valence-electron chi connectivity index (χ3n) is 4.87. The van der Waals surface area contributed by atoms with Gasteiger partial charge in [-0.05, 0) is 44.5 Å². The van der Waals surface area contributed by atoms with Crippen LogP contribution >= 0.6 is 11.6 Å². The molecule has 0 saturated heterocycles. The maximum absolute atomic E-state index is 13.0. The molecular weight excluding hydrogens is 378 g/mol. The molecule has 2 atom stereocenters. The predicted octanol–water partition coefficient (Wildman–Crippen LogP) is 3.27. The van der Waals surface area contributed by atoms with Crippen molar-refractivity contribution in [1.29, 1.82) is 0 Å². The lowest BCUT2D eigenvalue weighted by atomic mass is 10.1. The van der Waals surface area contributed by atoms with Crippen LogP contribution in [0.2, 0.25) is 5.02 Å². The van der Waals surface area contributed by atoms with E-state index in [1.54, 1.807) is 32.0 Å². The fourth-order valence-electron chi connectivity index (χ4n) is 3.28. The van der Waals surface area contributed by atoms with Crippen molar-refractivity contribution in [3.63, 3.8) is 0 Å². The van der Waals surface area contributed by atoms with Gasteiger partial charge < -0.3 is 5.32 Å². The second-order valence-corrected chi connectivity index (χ2v) is 7.12. The highest BCUT2D eigenvalue weighted by Crippen LogP contribution is 2.20. The summed E-state index contributed by atoms with van der Waals surface area (Å²) in [4.78, 5) is 38.5. The summed E-state index contributed by atoms with van der Waals surface area (Å²) >= 11 is 6.09. The van der Waals surface area contributed by atoms with Crippen LogP contribution in [0.15, 0.2) is 58.1 Å². The summed E-state index contributed by atoms with van der Waals surface area (Å²) in [5, 5.41) is 3.67. The Bertz CT molecular complexity index is 1140. The first-order valence-corrected chi connectivity index (χ1v) is 9.52. The Balaban J connectivity index is 2.07. The number of fused-ring (bicyclic) bond motifs is 1. The minimum Gasteiger partial charge on any atom is -0.348 e. The van der Waals surface area contributed by atoms with E-state index >= 15 is 0 Å². The van der Waals surface area contributed by atoms with Crippen LogP contribution in [0.5, 0.6) is 0 Å². The number of rotatable bonds is 5. The number of halogens is 1. The van der Waals surface area contributed by atoms with E-state index in [1.807, 2.05) is 37.3 Å². The van der Waals surface area contributed by atoms with Gasteiger partial charge in [-0.25, -0.2) is 4.79 Å². The molecule has 0 bridgehead atoms. The van der Waals surface area contributed by atoms with Gasteiger partial charge in [-0.2, -0.15) is 0 Å². The van der Waals surface area contributed by atoms with Crippen LogP contribution in [0.3, 0.4) is 0 Å². The van der Waals surface area contributed by atoms with Crippen LogP contribution < -0.4 is 16.6 Å². The van der Waals surface area contributed by atoms with Crippen molar-refractivity contribution in [1.82, 2.24) is 14.5 Å². The van der Waals surface area contributed by atoms with Crippen LogP contribution in [-0.2, 0) is 11.3 Å². The number of nitrogens with zero attached hydrogens (tertiary/aromatic N) is 2. The fourth-order valence-corrected chi connectivity index (χ4v) is 3.45. The van der Waals surface area contributed by atoms with Gasteiger partial charge in [-0.3, -0.25) is 18.7 Å².